The summed E-state index contributed by atoms with van der Waals surface area (Å²) in [5.41, 5.74) is 1.55. The highest BCUT2D eigenvalue weighted by molar-refractivity contribution is 5.84. The molecule has 1 amide bonds. The summed E-state index contributed by atoms with van der Waals surface area (Å²) in [6.45, 7) is 8.74. The predicted octanol–water partition coefficient (Wildman–Crippen LogP) is 2.79. The van der Waals surface area contributed by atoms with Crippen LogP contribution in [0.15, 0.2) is 27.4 Å². The van der Waals surface area contributed by atoms with E-state index in [0.717, 1.165) is 36.9 Å². The van der Waals surface area contributed by atoms with Crippen molar-refractivity contribution in [1.82, 2.24) is 10.2 Å². The van der Waals surface area contributed by atoms with Gasteiger partial charge in [0.15, 0.2) is 0 Å². The number of aryl methyl sites for hydroxylation is 1. The molecule has 3 rings (SSSR count). The van der Waals surface area contributed by atoms with Crippen molar-refractivity contribution in [1.29, 1.82) is 0 Å². The van der Waals surface area contributed by atoms with Crippen molar-refractivity contribution >= 4 is 16.9 Å². The van der Waals surface area contributed by atoms with Crippen LogP contribution in [0.2, 0.25) is 0 Å². The fraction of sp³-hybridized carbons (Fsp3) is 0.524. The molecule has 1 aromatic carbocycles. The number of nitrogens with one attached hydrogen (secondary N) is 1. The van der Waals surface area contributed by atoms with Gasteiger partial charge < -0.3 is 14.8 Å². The summed E-state index contributed by atoms with van der Waals surface area (Å²) in [4.78, 5) is 26.1. The lowest BCUT2D eigenvalue weighted by Gasteiger charge is -2.33. The molecule has 1 unspecified atom stereocenters. The van der Waals surface area contributed by atoms with Gasteiger partial charge in [0.25, 0.3) is 0 Å². The average Bonchev–Trinajstić information content (AvgIpc) is 2.63. The van der Waals surface area contributed by atoms with Crippen molar-refractivity contribution in [2.75, 3.05) is 19.6 Å². The maximum absolute atomic E-state index is 12.0. The van der Waals surface area contributed by atoms with Gasteiger partial charge in [-0.05, 0) is 49.9 Å². The molecular formula is C21H28N2O4. The fourth-order valence-corrected chi connectivity index (χ4v) is 3.70. The van der Waals surface area contributed by atoms with Crippen molar-refractivity contribution in [3.63, 3.8) is 0 Å². The minimum atomic E-state index is -0.399. The highest BCUT2D eigenvalue weighted by atomic mass is 16.4. The van der Waals surface area contributed by atoms with E-state index in [1.54, 1.807) is 25.1 Å². The standard InChI is InChI=1S/C21H28N2O4/c1-13(2)21(26)22-10-15-5-4-8-23(11-15)12-16-9-19(25)27-20-14(3)18(24)7-6-17(16)20/h6-7,9,13,15,24H,4-5,8,10-12H2,1-3H3,(H,22,26). The zero-order chi connectivity index (χ0) is 19.6. The number of fused-ring (bicyclic) bond motifs is 1. The Morgan fingerprint density at radius 3 is 2.93 bits per heavy atom. The van der Waals surface area contributed by atoms with E-state index >= 15 is 0 Å². The number of carbonyl (C=O) groups is 1. The smallest absolute Gasteiger partial charge is 0.336 e. The first-order valence-corrected chi connectivity index (χ1v) is 9.60. The van der Waals surface area contributed by atoms with Crippen LogP contribution >= 0.6 is 0 Å². The molecule has 146 valence electrons. The number of hydrogen-bond acceptors (Lipinski definition) is 5. The number of aromatic hydroxyl groups is 1. The Kier molecular flexibility index (Phi) is 5.85. The van der Waals surface area contributed by atoms with Crippen LogP contribution < -0.4 is 10.9 Å². The number of phenols is 1. The molecule has 1 atom stereocenters. The lowest BCUT2D eigenvalue weighted by Crippen LogP contribution is -2.41. The Morgan fingerprint density at radius 2 is 2.19 bits per heavy atom. The third-order valence-corrected chi connectivity index (χ3v) is 5.30. The van der Waals surface area contributed by atoms with Crippen molar-refractivity contribution in [3.05, 3.63) is 39.7 Å². The highest BCUT2D eigenvalue weighted by Crippen LogP contribution is 2.28. The highest BCUT2D eigenvalue weighted by Gasteiger charge is 2.22. The monoisotopic (exact) mass is 372 g/mol. The lowest BCUT2D eigenvalue weighted by atomic mass is 9.96. The van der Waals surface area contributed by atoms with E-state index in [-0.39, 0.29) is 17.6 Å². The van der Waals surface area contributed by atoms with Gasteiger partial charge >= 0.3 is 5.63 Å². The molecule has 0 aliphatic carbocycles. The van der Waals surface area contributed by atoms with Gasteiger partial charge in [-0.1, -0.05) is 13.8 Å². The molecule has 1 fully saturated rings. The van der Waals surface area contributed by atoms with Crippen molar-refractivity contribution in [3.8, 4) is 5.75 Å². The van der Waals surface area contributed by atoms with Crippen molar-refractivity contribution in [2.45, 2.75) is 40.2 Å². The number of rotatable bonds is 5. The summed E-state index contributed by atoms with van der Waals surface area (Å²) >= 11 is 0. The summed E-state index contributed by atoms with van der Waals surface area (Å²) in [5.74, 6) is 0.633. The summed E-state index contributed by atoms with van der Waals surface area (Å²) in [6, 6.07) is 4.99. The summed E-state index contributed by atoms with van der Waals surface area (Å²) in [6.07, 6.45) is 2.17. The molecule has 6 heteroatoms. The van der Waals surface area contributed by atoms with Crippen LogP contribution in [0.1, 0.15) is 37.8 Å². The van der Waals surface area contributed by atoms with Crippen molar-refractivity contribution in [2.24, 2.45) is 11.8 Å². The van der Waals surface area contributed by atoms with E-state index in [4.69, 9.17) is 4.42 Å². The Bertz CT molecular complexity index is 888. The van der Waals surface area contributed by atoms with Gasteiger partial charge in [-0.25, -0.2) is 4.79 Å². The molecule has 1 aliphatic heterocycles. The Morgan fingerprint density at radius 1 is 1.41 bits per heavy atom. The number of benzene rings is 1. The molecule has 6 nitrogen and oxygen atoms in total. The number of amides is 1. The molecule has 1 aromatic heterocycles. The molecule has 27 heavy (non-hydrogen) atoms. The minimum absolute atomic E-state index is 0.000687. The first kappa shape index (κ1) is 19.4. The van der Waals surface area contributed by atoms with Crippen LogP contribution in [0.25, 0.3) is 11.0 Å². The quantitative estimate of drug-likeness (QED) is 0.789. The normalized spacial score (nSPS) is 18.1. The summed E-state index contributed by atoms with van der Waals surface area (Å²) in [7, 11) is 0. The molecule has 2 N–H and O–H groups in total. The Labute approximate surface area is 159 Å². The van der Waals surface area contributed by atoms with Crippen LogP contribution in [-0.2, 0) is 11.3 Å². The van der Waals surface area contributed by atoms with E-state index in [2.05, 4.69) is 10.2 Å². The summed E-state index contributed by atoms with van der Waals surface area (Å²) < 4.78 is 5.33. The fourth-order valence-electron chi connectivity index (χ4n) is 3.70. The Balaban J connectivity index is 1.74. The number of phenolic OH excluding ortho intramolecular Hbond substituents is 1. The van der Waals surface area contributed by atoms with Gasteiger partial charge in [-0.2, -0.15) is 0 Å². The van der Waals surface area contributed by atoms with Gasteiger partial charge in [0, 0.05) is 42.6 Å². The molecule has 1 aliphatic rings. The second kappa shape index (κ2) is 8.13. The first-order chi connectivity index (χ1) is 12.8. The van der Waals surface area contributed by atoms with E-state index in [1.807, 2.05) is 13.8 Å². The number of nitrogens with zero attached hydrogens (tertiary/aromatic N) is 1. The SMILES string of the molecule is Cc1c(O)ccc2c(CN3CCCC(CNC(=O)C(C)C)C3)cc(=O)oc12. The molecule has 2 aromatic rings. The van der Waals surface area contributed by atoms with E-state index in [1.165, 1.54) is 0 Å². The maximum atomic E-state index is 12.0. The molecular weight excluding hydrogens is 344 g/mol. The zero-order valence-electron chi connectivity index (χ0n) is 16.2. The minimum Gasteiger partial charge on any atom is -0.508 e. The van der Waals surface area contributed by atoms with E-state index < -0.39 is 5.63 Å². The van der Waals surface area contributed by atoms with E-state index in [9.17, 15) is 14.7 Å². The summed E-state index contributed by atoms with van der Waals surface area (Å²) in [5, 5.41) is 13.8. The molecule has 0 saturated carbocycles. The first-order valence-electron chi connectivity index (χ1n) is 9.60. The van der Waals surface area contributed by atoms with Crippen LogP contribution in [0.4, 0.5) is 0 Å². The van der Waals surface area contributed by atoms with Crippen LogP contribution in [0.5, 0.6) is 5.75 Å². The average molecular weight is 372 g/mol. The van der Waals surface area contributed by atoms with Gasteiger partial charge in [0.1, 0.15) is 11.3 Å². The predicted molar refractivity (Wildman–Crippen MR) is 105 cm³/mol. The lowest BCUT2D eigenvalue weighted by molar-refractivity contribution is -0.124. The second-order valence-corrected chi connectivity index (χ2v) is 7.82. The topological polar surface area (TPSA) is 82.8 Å². The number of hydrogen-bond donors (Lipinski definition) is 2. The zero-order valence-corrected chi connectivity index (χ0v) is 16.2. The Hall–Kier alpha value is -2.34. The molecule has 0 bridgehead atoms. The van der Waals surface area contributed by atoms with E-state index in [0.29, 0.717) is 30.2 Å². The maximum Gasteiger partial charge on any atom is 0.336 e. The largest absolute Gasteiger partial charge is 0.508 e. The van der Waals surface area contributed by atoms with Crippen LogP contribution in [-0.4, -0.2) is 35.5 Å². The molecule has 0 spiro atoms. The van der Waals surface area contributed by atoms with Gasteiger partial charge in [0.2, 0.25) is 5.91 Å². The van der Waals surface area contributed by atoms with Crippen molar-refractivity contribution < 1.29 is 14.3 Å². The third-order valence-electron chi connectivity index (χ3n) is 5.30. The van der Waals surface area contributed by atoms with Gasteiger partial charge in [0.05, 0.1) is 0 Å². The second-order valence-electron chi connectivity index (χ2n) is 7.82. The van der Waals surface area contributed by atoms with Gasteiger partial charge in [-0.3, -0.25) is 9.69 Å². The number of piperidine rings is 1. The molecule has 2 heterocycles. The molecule has 1 saturated heterocycles. The van der Waals surface area contributed by atoms with Crippen LogP contribution in [0, 0.1) is 18.8 Å². The number of likely N-dealkylation sites (tertiary alicyclic amines) is 1. The third kappa shape index (κ3) is 4.50. The molecule has 0 radical (unpaired) electrons. The van der Waals surface area contributed by atoms with Gasteiger partial charge in [-0.15, -0.1) is 0 Å². The number of carbonyl (C=O) groups excluding carboxylic acids is 1. The van der Waals surface area contributed by atoms with Crippen LogP contribution in [0.3, 0.4) is 0 Å².